The Balaban J connectivity index is 1.42. The molecule has 0 amide bonds. The van der Waals surface area contributed by atoms with Crippen LogP contribution in [0.25, 0.3) is 0 Å². The van der Waals surface area contributed by atoms with E-state index in [0.717, 1.165) is 52.3 Å². The van der Waals surface area contributed by atoms with Crippen LogP contribution >= 0.6 is 0 Å². The molecule has 106 valence electrons. The van der Waals surface area contributed by atoms with Crippen LogP contribution in [0.15, 0.2) is 12.2 Å². The lowest BCUT2D eigenvalue weighted by Gasteiger charge is -2.35. The van der Waals surface area contributed by atoms with Crippen LogP contribution in [-0.2, 0) is 0 Å². The van der Waals surface area contributed by atoms with E-state index in [-0.39, 0.29) is 0 Å². The molecule has 0 N–H and O–H groups in total. The van der Waals surface area contributed by atoms with Crippen molar-refractivity contribution in [2.45, 2.75) is 39.5 Å². The molecule has 0 heteroatoms. The molecule has 20 heavy (non-hydrogen) atoms. The predicted octanol–water partition coefficient (Wildman–Crippen LogP) is 4.37. The molecule has 0 nitrogen and oxygen atoms in total. The Morgan fingerprint density at radius 1 is 0.800 bits per heavy atom. The van der Waals surface area contributed by atoms with Crippen molar-refractivity contribution in [2.24, 2.45) is 70.0 Å². The summed E-state index contributed by atoms with van der Waals surface area (Å²) in [4.78, 5) is 0. The van der Waals surface area contributed by atoms with Gasteiger partial charge in [-0.2, -0.15) is 0 Å². The van der Waals surface area contributed by atoms with Crippen LogP contribution in [0.5, 0.6) is 0 Å². The average molecular weight is 266 g/mol. The first-order chi connectivity index (χ1) is 9.70. The molecular formula is C20H26. The van der Waals surface area contributed by atoms with Gasteiger partial charge in [-0.3, -0.25) is 0 Å². The fourth-order valence-electron chi connectivity index (χ4n) is 10.1. The summed E-state index contributed by atoms with van der Waals surface area (Å²) in [5.74, 6) is 11.2. The largest absolute Gasteiger partial charge is 0.0845 e. The zero-order chi connectivity index (χ0) is 13.0. The molecule has 0 radical (unpaired) electrons. The lowest BCUT2D eigenvalue weighted by Crippen LogP contribution is -2.29. The van der Waals surface area contributed by atoms with Gasteiger partial charge in [-0.1, -0.05) is 38.8 Å². The highest BCUT2D eigenvalue weighted by Crippen LogP contribution is 2.94. The van der Waals surface area contributed by atoms with Crippen LogP contribution in [-0.4, -0.2) is 0 Å². The van der Waals surface area contributed by atoms with Gasteiger partial charge in [-0.25, -0.2) is 0 Å². The fraction of sp³-hybridized carbons (Fsp3) is 0.900. The monoisotopic (exact) mass is 266 g/mol. The summed E-state index contributed by atoms with van der Waals surface area (Å²) < 4.78 is 0. The smallest absolute Gasteiger partial charge is 0.0134 e. The second-order valence-corrected chi connectivity index (χ2v) is 10.0. The molecule has 0 saturated heterocycles. The van der Waals surface area contributed by atoms with Gasteiger partial charge < -0.3 is 0 Å². The second-order valence-electron chi connectivity index (χ2n) is 10.0. The maximum Gasteiger partial charge on any atom is -0.0134 e. The van der Waals surface area contributed by atoms with Gasteiger partial charge in [-0.15, -0.1) is 0 Å². The van der Waals surface area contributed by atoms with E-state index < -0.39 is 0 Å². The summed E-state index contributed by atoms with van der Waals surface area (Å²) in [6.45, 7) is 5.42. The SMILES string of the molecule is CC12C3C=CC(C4C5C6CCCCC6C6(C)C5C6C41)C32. The minimum absolute atomic E-state index is 0.771. The summed E-state index contributed by atoms with van der Waals surface area (Å²) in [7, 11) is 0. The molecule has 0 heterocycles. The molecule has 6 saturated carbocycles. The maximum absolute atomic E-state index is 2.73. The van der Waals surface area contributed by atoms with Crippen molar-refractivity contribution in [3.05, 3.63) is 12.2 Å². The first-order valence-corrected chi connectivity index (χ1v) is 9.38. The van der Waals surface area contributed by atoms with Gasteiger partial charge in [0.25, 0.3) is 0 Å². The summed E-state index contributed by atoms with van der Waals surface area (Å²) >= 11 is 0. The van der Waals surface area contributed by atoms with Crippen molar-refractivity contribution in [3.63, 3.8) is 0 Å². The fourth-order valence-corrected chi connectivity index (χ4v) is 10.1. The Morgan fingerprint density at radius 2 is 1.60 bits per heavy atom. The standard InChI is InChI=1S/C20H26/c1-19-11-6-4-3-5-9(11)13-14-10-7-8-12-15(10)20(12,2)17(14)18(19)16(13)19/h7-18H,3-6H2,1-2H3. The Labute approximate surface area is 122 Å². The number of fused-ring (bicyclic) bond motifs is 10. The Morgan fingerprint density at radius 3 is 2.50 bits per heavy atom. The van der Waals surface area contributed by atoms with Gasteiger partial charge in [-0.05, 0) is 82.9 Å². The van der Waals surface area contributed by atoms with Crippen LogP contribution in [0.4, 0.5) is 0 Å². The normalized spacial score (nSPS) is 79.9. The van der Waals surface area contributed by atoms with Gasteiger partial charge in [0.2, 0.25) is 0 Å². The average Bonchev–Trinajstić information content (AvgIpc) is 2.98. The molecule has 0 aromatic carbocycles. The highest BCUT2D eigenvalue weighted by atomic mass is 14.9. The molecule has 7 aliphatic rings. The topological polar surface area (TPSA) is 0 Å². The first kappa shape index (κ1) is 10.5. The second kappa shape index (κ2) is 2.59. The highest BCUT2D eigenvalue weighted by Gasteiger charge is 2.91. The zero-order valence-corrected chi connectivity index (χ0v) is 12.8. The Kier molecular flexibility index (Phi) is 1.35. The van der Waals surface area contributed by atoms with Crippen molar-refractivity contribution in [3.8, 4) is 0 Å². The summed E-state index contributed by atoms with van der Waals surface area (Å²) in [6, 6.07) is 0. The predicted molar refractivity (Wildman–Crippen MR) is 78.7 cm³/mol. The molecule has 0 bridgehead atoms. The molecule has 0 spiro atoms. The van der Waals surface area contributed by atoms with E-state index in [2.05, 4.69) is 26.0 Å². The third kappa shape index (κ3) is 0.709. The van der Waals surface area contributed by atoms with Gasteiger partial charge in [0.15, 0.2) is 0 Å². The zero-order valence-electron chi connectivity index (χ0n) is 12.8. The molecule has 12 atom stereocenters. The number of hydrogen-bond acceptors (Lipinski definition) is 0. The van der Waals surface area contributed by atoms with Crippen molar-refractivity contribution < 1.29 is 0 Å². The van der Waals surface area contributed by atoms with E-state index in [0.29, 0.717) is 0 Å². The molecule has 0 aliphatic heterocycles. The van der Waals surface area contributed by atoms with Crippen LogP contribution < -0.4 is 0 Å². The molecular weight excluding hydrogens is 240 g/mol. The molecule has 12 unspecified atom stereocenters. The third-order valence-corrected chi connectivity index (χ3v) is 10.3. The lowest BCUT2D eigenvalue weighted by molar-refractivity contribution is 0.141. The lowest BCUT2D eigenvalue weighted by atomic mass is 9.70. The van der Waals surface area contributed by atoms with Crippen LogP contribution in [0.2, 0.25) is 0 Å². The van der Waals surface area contributed by atoms with E-state index in [9.17, 15) is 0 Å². The molecule has 6 fully saturated rings. The van der Waals surface area contributed by atoms with Crippen molar-refractivity contribution in [1.82, 2.24) is 0 Å². The van der Waals surface area contributed by atoms with E-state index >= 15 is 0 Å². The van der Waals surface area contributed by atoms with Crippen molar-refractivity contribution in [2.75, 3.05) is 0 Å². The minimum atomic E-state index is 0.771. The van der Waals surface area contributed by atoms with Crippen LogP contribution in [0.1, 0.15) is 39.5 Å². The van der Waals surface area contributed by atoms with Crippen LogP contribution in [0.3, 0.4) is 0 Å². The van der Waals surface area contributed by atoms with Crippen LogP contribution in [0, 0.1) is 70.0 Å². The molecule has 0 aromatic heterocycles. The highest BCUT2D eigenvalue weighted by molar-refractivity contribution is 5.42. The minimum Gasteiger partial charge on any atom is -0.0845 e. The first-order valence-electron chi connectivity index (χ1n) is 9.38. The maximum atomic E-state index is 2.73. The van der Waals surface area contributed by atoms with Gasteiger partial charge in [0.1, 0.15) is 0 Å². The van der Waals surface area contributed by atoms with Gasteiger partial charge >= 0.3 is 0 Å². The van der Waals surface area contributed by atoms with Gasteiger partial charge in [0, 0.05) is 0 Å². The molecule has 0 aromatic rings. The van der Waals surface area contributed by atoms with E-state index in [1.165, 1.54) is 17.8 Å². The molecule has 7 aliphatic carbocycles. The van der Waals surface area contributed by atoms with E-state index in [1.54, 1.807) is 25.7 Å². The van der Waals surface area contributed by atoms with Gasteiger partial charge in [0.05, 0.1) is 0 Å². The van der Waals surface area contributed by atoms with E-state index in [4.69, 9.17) is 0 Å². The molecule has 7 rings (SSSR count). The van der Waals surface area contributed by atoms with Crippen molar-refractivity contribution in [1.29, 1.82) is 0 Å². The summed E-state index contributed by atoms with van der Waals surface area (Å²) in [5.41, 5.74) is 1.59. The quantitative estimate of drug-likeness (QED) is 0.571. The summed E-state index contributed by atoms with van der Waals surface area (Å²) in [5, 5.41) is 0. The third-order valence-electron chi connectivity index (χ3n) is 10.3. The number of hydrogen-bond donors (Lipinski definition) is 0. The Hall–Kier alpha value is -0.260. The van der Waals surface area contributed by atoms with E-state index in [1.807, 2.05) is 0 Å². The number of rotatable bonds is 0. The van der Waals surface area contributed by atoms with Crippen molar-refractivity contribution >= 4 is 0 Å². The Bertz CT molecular complexity index is 575. The summed E-state index contributed by atoms with van der Waals surface area (Å²) in [6.07, 6.45) is 11.6. The number of allylic oxidation sites excluding steroid dienone is 2.